The highest BCUT2D eigenvalue weighted by Crippen LogP contribution is 2.43. The molecule has 1 saturated heterocycles. The normalized spacial score (nSPS) is 15.4. The molecule has 1 fully saturated rings. The maximum Gasteiger partial charge on any atom is 0.149 e. The fourth-order valence-corrected chi connectivity index (χ4v) is 4.62. The number of anilines is 2. The summed E-state index contributed by atoms with van der Waals surface area (Å²) in [4.78, 5) is 10.1. The molecule has 1 aliphatic rings. The minimum atomic E-state index is 0.529. The van der Waals surface area contributed by atoms with Gasteiger partial charge in [-0.25, -0.2) is 4.98 Å². The van der Waals surface area contributed by atoms with Crippen molar-refractivity contribution >= 4 is 44.0 Å². The second-order valence-electron chi connectivity index (χ2n) is 7.11. The highest BCUT2D eigenvalue weighted by Gasteiger charge is 2.26. The number of aromatic nitrogens is 1. The lowest BCUT2D eigenvalue weighted by Crippen LogP contribution is -2.45. The van der Waals surface area contributed by atoms with E-state index in [2.05, 4.69) is 22.9 Å². The molecule has 7 heteroatoms. The average Bonchev–Trinajstić information content (AvgIpc) is 3.31. The summed E-state index contributed by atoms with van der Waals surface area (Å²) in [6.07, 6.45) is 0. The van der Waals surface area contributed by atoms with Crippen molar-refractivity contribution in [3.8, 4) is 17.4 Å². The van der Waals surface area contributed by atoms with Crippen LogP contribution in [0.4, 0.5) is 11.5 Å². The number of nitrogens with zero attached hydrogens (tertiary/aromatic N) is 4. The van der Waals surface area contributed by atoms with E-state index < -0.39 is 0 Å². The van der Waals surface area contributed by atoms with Gasteiger partial charge in [-0.15, -0.1) is 11.3 Å². The van der Waals surface area contributed by atoms with Crippen LogP contribution >= 0.6 is 11.3 Å². The number of hydrogen-bond acceptors (Lipinski definition) is 7. The van der Waals surface area contributed by atoms with Crippen LogP contribution in [0.1, 0.15) is 5.56 Å². The Kier molecular flexibility index (Phi) is 3.97. The van der Waals surface area contributed by atoms with Crippen LogP contribution in [0.25, 0.3) is 32.5 Å². The van der Waals surface area contributed by atoms with Gasteiger partial charge in [0.25, 0.3) is 0 Å². The molecule has 0 amide bonds. The summed E-state index contributed by atoms with van der Waals surface area (Å²) in [7, 11) is 2.11. The SMILES string of the molecule is CN1CCN(c2nc3scc(N)c3c(-c3cc4ccccc4o3)c2C#N)CC1. The standard InChI is InChI=1S/C21H19N5OS/c1-25-6-8-26(9-7-25)20-14(11-22)18(19-15(23)12-28-21(19)24-20)17-10-13-4-2-3-5-16(13)27-17/h2-5,10,12H,6-9,23H2,1H3. The molecule has 6 nitrogen and oxygen atoms in total. The van der Waals surface area contributed by atoms with Crippen molar-refractivity contribution in [3.05, 3.63) is 41.3 Å². The number of fused-ring (bicyclic) bond motifs is 2. The molecule has 0 spiro atoms. The van der Waals surface area contributed by atoms with E-state index in [1.807, 2.05) is 35.7 Å². The van der Waals surface area contributed by atoms with Gasteiger partial charge in [0.1, 0.15) is 33.6 Å². The molecule has 28 heavy (non-hydrogen) atoms. The van der Waals surface area contributed by atoms with Crippen LogP contribution in [0.3, 0.4) is 0 Å². The third kappa shape index (κ3) is 2.61. The lowest BCUT2D eigenvalue weighted by molar-refractivity contribution is 0.312. The first kappa shape index (κ1) is 17.0. The molecule has 140 valence electrons. The summed E-state index contributed by atoms with van der Waals surface area (Å²) in [5, 5.41) is 13.8. The number of nitrogen functional groups attached to an aromatic ring is 1. The van der Waals surface area contributed by atoms with Gasteiger partial charge in [0.2, 0.25) is 0 Å². The molecular formula is C21H19N5OS. The number of rotatable bonds is 2. The topological polar surface area (TPSA) is 82.3 Å². The minimum Gasteiger partial charge on any atom is -0.456 e. The number of nitrogens with two attached hydrogens (primary N) is 1. The molecule has 0 unspecified atom stereocenters. The Balaban J connectivity index is 1.78. The Hall–Kier alpha value is -3.08. The molecule has 0 atom stereocenters. The summed E-state index contributed by atoms with van der Waals surface area (Å²) in [6.45, 7) is 3.56. The maximum absolute atomic E-state index is 10.1. The first-order valence-electron chi connectivity index (χ1n) is 9.19. The summed E-state index contributed by atoms with van der Waals surface area (Å²) in [6, 6.07) is 12.2. The van der Waals surface area contributed by atoms with Gasteiger partial charge in [-0.05, 0) is 19.2 Å². The van der Waals surface area contributed by atoms with Crippen LogP contribution in [-0.2, 0) is 0 Å². The summed E-state index contributed by atoms with van der Waals surface area (Å²) in [5.74, 6) is 1.38. The van der Waals surface area contributed by atoms with E-state index in [1.54, 1.807) is 0 Å². The van der Waals surface area contributed by atoms with E-state index in [0.29, 0.717) is 17.0 Å². The summed E-state index contributed by atoms with van der Waals surface area (Å²) in [5.41, 5.74) is 8.98. The van der Waals surface area contributed by atoms with E-state index in [4.69, 9.17) is 15.1 Å². The first-order valence-corrected chi connectivity index (χ1v) is 10.1. The number of likely N-dealkylation sites (N-methyl/N-ethyl adjacent to an activating group) is 1. The zero-order valence-corrected chi connectivity index (χ0v) is 16.3. The van der Waals surface area contributed by atoms with Crippen LogP contribution in [0.15, 0.2) is 40.1 Å². The monoisotopic (exact) mass is 389 g/mol. The number of thiophene rings is 1. The molecule has 1 aromatic carbocycles. The van der Waals surface area contributed by atoms with E-state index in [-0.39, 0.29) is 0 Å². The van der Waals surface area contributed by atoms with Gasteiger partial charge in [-0.3, -0.25) is 0 Å². The van der Waals surface area contributed by atoms with E-state index >= 15 is 0 Å². The van der Waals surface area contributed by atoms with Crippen LogP contribution < -0.4 is 10.6 Å². The zero-order valence-electron chi connectivity index (χ0n) is 15.5. The Morgan fingerprint density at radius 2 is 2.00 bits per heavy atom. The number of para-hydroxylation sites is 1. The average molecular weight is 389 g/mol. The van der Waals surface area contributed by atoms with Crippen LogP contribution in [0.2, 0.25) is 0 Å². The quantitative estimate of drug-likeness (QED) is 0.560. The summed E-state index contributed by atoms with van der Waals surface area (Å²) < 4.78 is 6.13. The van der Waals surface area contributed by atoms with Crippen LogP contribution in [0.5, 0.6) is 0 Å². The van der Waals surface area contributed by atoms with Gasteiger partial charge in [0.15, 0.2) is 0 Å². The number of pyridine rings is 1. The third-order valence-electron chi connectivity index (χ3n) is 5.32. The molecule has 1 aliphatic heterocycles. The molecule has 5 rings (SSSR count). The Morgan fingerprint density at radius 1 is 1.21 bits per heavy atom. The van der Waals surface area contributed by atoms with Crippen molar-refractivity contribution in [3.63, 3.8) is 0 Å². The largest absolute Gasteiger partial charge is 0.456 e. The number of benzene rings is 1. The van der Waals surface area contributed by atoms with E-state index in [1.165, 1.54) is 11.3 Å². The van der Waals surface area contributed by atoms with Gasteiger partial charge in [0.05, 0.1) is 11.3 Å². The first-order chi connectivity index (χ1) is 13.7. The fraction of sp³-hybridized carbons (Fsp3) is 0.238. The number of piperazine rings is 1. The third-order valence-corrected chi connectivity index (χ3v) is 6.21. The van der Waals surface area contributed by atoms with Gasteiger partial charge in [-0.1, -0.05) is 18.2 Å². The number of hydrogen-bond donors (Lipinski definition) is 1. The zero-order chi connectivity index (χ0) is 19.3. The van der Waals surface area contributed by atoms with Crippen LogP contribution in [-0.4, -0.2) is 43.1 Å². The van der Waals surface area contributed by atoms with Crippen molar-refractivity contribution in [2.75, 3.05) is 43.9 Å². The van der Waals surface area contributed by atoms with Crippen molar-refractivity contribution < 1.29 is 4.42 Å². The molecule has 0 saturated carbocycles. The number of nitriles is 1. The molecule has 4 aromatic rings. The predicted octanol–water partition coefficient (Wildman–Crippen LogP) is 3.92. The molecule has 0 radical (unpaired) electrons. The van der Waals surface area contributed by atoms with E-state index in [9.17, 15) is 5.26 Å². The summed E-state index contributed by atoms with van der Waals surface area (Å²) >= 11 is 1.50. The molecule has 0 aliphatic carbocycles. The lowest BCUT2D eigenvalue weighted by atomic mass is 10.0. The fourth-order valence-electron chi connectivity index (χ4n) is 3.79. The van der Waals surface area contributed by atoms with Gasteiger partial charge >= 0.3 is 0 Å². The van der Waals surface area contributed by atoms with Gasteiger partial charge in [0, 0.05) is 42.3 Å². The highest BCUT2D eigenvalue weighted by molar-refractivity contribution is 7.17. The van der Waals surface area contributed by atoms with Crippen molar-refractivity contribution in [2.45, 2.75) is 0 Å². The molecule has 2 N–H and O–H groups in total. The van der Waals surface area contributed by atoms with Gasteiger partial charge in [-0.2, -0.15) is 5.26 Å². The molecule has 4 heterocycles. The Bertz CT molecular complexity index is 1190. The van der Waals surface area contributed by atoms with Crippen molar-refractivity contribution in [1.29, 1.82) is 5.26 Å². The predicted molar refractivity (Wildman–Crippen MR) is 114 cm³/mol. The van der Waals surface area contributed by atoms with E-state index in [0.717, 1.165) is 58.7 Å². The molecular weight excluding hydrogens is 370 g/mol. The molecule has 3 aromatic heterocycles. The van der Waals surface area contributed by atoms with Crippen molar-refractivity contribution in [2.24, 2.45) is 0 Å². The smallest absolute Gasteiger partial charge is 0.149 e. The van der Waals surface area contributed by atoms with Crippen molar-refractivity contribution in [1.82, 2.24) is 9.88 Å². The highest BCUT2D eigenvalue weighted by atomic mass is 32.1. The number of furan rings is 1. The second kappa shape index (κ2) is 6.51. The molecule has 0 bridgehead atoms. The van der Waals surface area contributed by atoms with Gasteiger partial charge < -0.3 is 20.0 Å². The Morgan fingerprint density at radius 3 is 2.75 bits per heavy atom. The maximum atomic E-state index is 10.1. The minimum absolute atomic E-state index is 0.529. The lowest BCUT2D eigenvalue weighted by Gasteiger charge is -2.33. The Labute approximate surface area is 166 Å². The van der Waals surface area contributed by atoms with Crippen LogP contribution in [0, 0.1) is 11.3 Å². The second-order valence-corrected chi connectivity index (χ2v) is 7.97.